The SMILES string of the molecule is CCCN1CCC(c2c(-c3ccc4nc(NC(=O)c5sc(-c6cccnc6)nc5C)cn4n3)c(-c3ccc(F)cc3)nn2C)CC1. The van der Waals surface area contributed by atoms with Crippen molar-refractivity contribution in [2.75, 3.05) is 25.0 Å². The van der Waals surface area contributed by atoms with Gasteiger partial charge in [-0.05, 0) is 94.4 Å². The summed E-state index contributed by atoms with van der Waals surface area (Å²) in [5.74, 6) is 0.124. The summed E-state index contributed by atoms with van der Waals surface area (Å²) in [6.07, 6.45) is 8.35. The Kier molecular flexibility index (Phi) is 8.14. The van der Waals surface area contributed by atoms with Crippen LogP contribution in [0.5, 0.6) is 0 Å². The first-order valence-electron chi connectivity index (χ1n) is 15.5. The molecule has 0 spiro atoms. The lowest BCUT2D eigenvalue weighted by atomic mass is 9.88. The summed E-state index contributed by atoms with van der Waals surface area (Å²) in [6, 6.07) is 14.1. The van der Waals surface area contributed by atoms with Crippen LogP contribution in [0.2, 0.25) is 0 Å². The van der Waals surface area contributed by atoms with Gasteiger partial charge in [0, 0.05) is 36.5 Å². The van der Waals surface area contributed by atoms with E-state index in [-0.39, 0.29) is 11.7 Å². The first-order chi connectivity index (χ1) is 22.4. The summed E-state index contributed by atoms with van der Waals surface area (Å²) in [4.78, 5) is 29.7. The van der Waals surface area contributed by atoms with Gasteiger partial charge in [0.2, 0.25) is 0 Å². The molecular formula is C34H34FN9OS. The summed E-state index contributed by atoms with van der Waals surface area (Å²) in [5.41, 5.74) is 6.49. The number of likely N-dealkylation sites (tertiary alicyclic amines) is 1. The summed E-state index contributed by atoms with van der Waals surface area (Å²) in [6.45, 7) is 7.22. The average Bonchev–Trinajstić information content (AvgIpc) is 3.76. The summed E-state index contributed by atoms with van der Waals surface area (Å²) >= 11 is 1.32. The van der Waals surface area contributed by atoms with Gasteiger partial charge in [0.15, 0.2) is 11.5 Å². The van der Waals surface area contributed by atoms with Crippen LogP contribution < -0.4 is 5.32 Å². The van der Waals surface area contributed by atoms with Gasteiger partial charge in [-0.2, -0.15) is 10.2 Å². The number of nitrogens with zero attached hydrogens (tertiary/aromatic N) is 8. The predicted molar refractivity (Wildman–Crippen MR) is 177 cm³/mol. The number of imidazole rings is 1. The van der Waals surface area contributed by atoms with Gasteiger partial charge in [-0.3, -0.25) is 14.5 Å². The molecular weight excluding hydrogens is 602 g/mol. The molecule has 1 aromatic carbocycles. The Morgan fingerprint density at radius 2 is 1.85 bits per heavy atom. The monoisotopic (exact) mass is 635 g/mol. The van der Waals surface area contributed by atoms with Crippen molar-refractivity contribution in [3.63, 3.8) is 0 Å². The van der Waals surface area contributed by atoms with Gasteiger partial charge in [-0.15, -0.1) is 11.3 Å². The second-order valence-electron chi connectivity index (χ2n) is 11.6. The third-order valence-corrected chi connectivity index (χ3v) is 9.66. The quantitative estimate of drug-likeness (QED) is 0.201. The standard InChI is InChI=1S/C34H34FN9OS/c1-4-16-43-17-13-23(14-18-43)31-29(30(41-42(31)3)22-7-9-25(35)10-8-22)26-11-12-28-38-27(20-44(28)40-26)39-33(45)32-21(2)37-34(46-32)24-6-5-15-36-19-24/h5-12,15,19-20,23H,4,13-14,16-18H2,1-3H3,(H,39,45). The summed E-state index contributed by atoms with van der Waals surface area (Å²) in [5, 5.41) is 13.6. The van der Waals surface area contributed by atoms with Gasteiger partial charge in [-0.25, -0.2) is 18.9 Å². The third-order valence-electron chi connectivity index (χ3n) is 8.45. The van der Waals surface area contributed by atoms with E-state index < -0.39 is 0 Å². The van der Waals surface area contributed by atoms with E-state index in [0.717, 1.165) is 77.7 Å². The number of anilines is 1. The number of pyridine rings is 1. The van der Waals surface area contributed by atoms with E-state index in [1.165, 1.54) is 23.5 Å². The number of rotatable bonds is 8. The van der Waals surface area contributed by atoms with Gasteiger partial charge < -0.3 is 10.2 Å². The lowest BCUT2D eigenvalue weighted by molar-refractivity contribution is 0.102. The number of fused-ring (bicyclic) bond motifs is 1. The zero-order chi connectivity index (χ0) is 31.8. The molecule has 0 atom stereocenters. The van der Waals surface area contributed by atoms with Crippen LogP contribution in [0, 0.1) is 12.7 Å². The van der Waals surface area contributed by atoms with Crippen molar-refractivity contribution >= 4 is 28.7 Å². The first kappa shape index (κ1) is 29.9. The molecule has 1 amide bonds. The summed E-state index contributed by atoms with van der Waals surface area (Å²) in [7, 11) is 1.98. The highest BCUT2D eigenvalue weighted by Gasteiger charge is 2.30. The number of thiazole rings is 1. The van der Waals surface area contributed by atoms with E-state index in [1.807, 2.05) is 42.9 Å². The van der Waals surface area contributed by atoms with Crippen molar-refractivity contribution in [1.29, 1.82) is 0 Å². The minimum Gasteiger partial charge on any atom is -0.304 e. The Hall–Kier alpha value is -4.81. The Morgan fingerprint density at radius 3 is 2.59 bits per heavy atom. The molecule has 1 fully saturated rings. The molecule has 1 aliphatic rings. The molecule has 0 bridgehead atoms. The number of amides is 1. The fraction of sp³-hybridized carbons (Fsp3) is 0.294. The molecule has 234 valence electrons. The number of aryl methyl sites for hydroxylation is 2. The number of hydrogen-bond donors (Lipinski definition) is 1. The van der Waals surface area contributed by atoms with E-state index >= 15 is 0 Å². The minimum absolute atomic E-state index is 0.281. The molecule has 0 aliphatic carbocycles. The molecule has 7 rings (SSSR count). The van der Waals surface area contributed by atoms with Crippen molar-refractivity contribution in [1.82, 2.24) is 39.2 Å². The molecule has 5 aromatic heterocycles. The fourth-order valence-electron chi connectivity index (χ4n) is 6.28. The second-order valence-corrected chi connectivity index (χ2v) is 12.6. The number of halogens is 1. The maximum Gasteiger partial charge on any atom is 0.268 e. The van der Waals surface area contributed by atoms with Gasteiger partial charge in [-0.1, -0.05) is 6.92 Å². The van der Waals surface area contributed by atoms with Crippen LogP contribution in [0.25, 0.3) is 38.7 Å². The molecule has 46 heavy (non-hydrogen) atoms. The lowest BCUT2D eigenvalue weighted by Crippen LogP contribution is -2.34. The number of nitrogens with one attached hydrogen (secondary N) is 1. The highest BCUT2D eigenvalue weighted by Crippen LogP contribution is 2.40. The van der Waals surface area contributed by atoms with Crippen molar-refractivity contribution in [3.8, 4) is 33.1 Å². The fourth-order valence-corrected chi connectivity index (χ4v) is 7.23. The van der Waals surface area contributed by atoms with Gasteiger partial charge >= 0.3 is 0 Å². The van der Waals surface area contributed by atoms with Gasteiger partial charge in [0.25, 0.3) is 5.91 Å². The van der Waals surface area contributed by atoms with Crippen molar-refractivity contribution in [2.24, 2.45) is 7.05 Å². The van der Waals surface area contributed by atoms with Gasteiger partial charge in [0.1, 0.15) is 21.4 Å². The average molecular weight is 636 g/mol. The van der Waals surface area contributed by atoms with Crippen LogP contribution >= 0.6 is 11.3 Å². The minimum atomic E-state index is -0.292. The largest absolute Gasteiger partial charge is 0.304 e. The maximum absolute atomic E-state index is 13.9. The highest BCUT2D eigenvalue weighted by molar-refractivity contribution is 7.17. The topological polar surface area (TPSA) is 106 Å². The Labute approximate surface area is 270 Å². The van der Waals surface area contributed by atoms with Crippen LogP contribution in [0.1, 0.15) is 53.2 Å². The van der Waals surface area contributed by atoms with Crippen LogP contribution in [0.15, 0.2) is 67.1 Å². The Bertz CT molecular complexity index is 2010. The van der Waals surface area contributed by atoms with Gasteiger partial charge in [0.05, 0.1) is 28.8 Å². The van der Waals surface area contributed by atoms with Crippen LogP contribution in [0.4, 0.5) is 10.2 Å². The van der Waals surface area contributed by atoms with Crippen LogP contribution in [-0.4, -0.2) is 64.8 Å². The van der Waals surface area contributed by atoms with E-state index in [9.17, 15) is 9.18 Å². The number of hydrogen-bond acceptors (Lipinski definition) is 8. The lowest BCUT2D eigenvalue weighted by Gasteiger charge is -2.32. The van der Waals surface area contributed by atoms with Crippen molar-refractivity contribution < 1.29 is 9.18 Å². The molecule has 12 heteroatoms. The van der Waals surface area contributed by atoms with Crippen LogP contribution in [-0.2, 0) is 7.05 Å². The number of carbonyl (C=O) groups excluding carboxylic acids is 1. The molecule has 1 aliphatic heterocycles. The third kappa shape index (κ3) is 5.81. The molecule has 0 radical (unpaired) electrons. The zero-order valence-corrected chi connectivity index (χ0v) is 26.8. The maximum atomic E-state index is 13.9. The second kappa shape index (κ2) is 12.5. The van der Waals surface area contributed by atoms with E-state index in [1.54, 1.807) is 35.2 Å². The molecule has 1 saturated heterocycles. The molecule has 0 unspecified atom stereocenters. The van der Waals surface area contributed by atoms with E-state index in [2.05, 4.69) is 32.1 Å². The Balaban J connectivity index is 1.22. The van der Waals surface area contributed by atoms with Crippen LogP contribution in [0.3, 0.4) is 0 Å². The summed E-state index contributed by atoms with van der Waals surface area (Å²) < 4.78 is 17.5. The molecule has 6 heterocycles. The Morgan fingerprint density at radius 1 is 1.04 bits per heavy atom. The molecule has 10 nitrogen and oxygen atoms in total. The van der Waals surface area contributed by atoms with E-state index in [0.29, 0.717) is 28.0 Å². The predicted octanol–water partition coefficient (Wildman–Crippen LogP) is 6.60. The zero-order valence-electron chi connectivity index (χ0n) is 25.9. The smallest absolute Gasteiger partial charge is 0.268 e. The number of aromatic nitrogens is 7. The number of piperidine rings is 1. The van der Waals surface area contributed by atoms with E-state index in [4.69, 9.17) is 10.2 Å². The van der Waals surface area contributed by atoms with Crippen molar-refractivity contribution in [3.05, 3.63) is 89.2 Å². The molecule has 6 aromatic rings. The molecule has 1 N–H and O–H groups in total. The normalized spacial score (nSPS) is 14.3. The number of carbonyl (C=O) groups is 1. The first-order valence-corrected chi connectivity index (χ1v) is 16.3. The highest BCUT2D eigenvalue weighted by atomic mass is 32.1. The van der Waals surface area contributed by atoms with Crippen molar-refractivity contribution in [2.45, 2.75) is 39.0 Å². The molecule has 0 saturated carbocycles. The number of benzene rings is 1.